The molecule has 0 heterocycles. The molecule has 0 aliphatic carbocycles. The lowest BCUT2D eigenvalue weighted by Gasteiger charge is -2.37. The van der Waals surface area contributed by atoms with Crippen molar-refractivity contribution in [3.05, 3.63) is 118 Å². The Morgan fingerprint density at radius 1 is 0.600 bits per heavy atom. The highest BCUT2D eigenvalue weighted by molar-refractivity contribution is 6.17. The minimum atomic E-state index is -1.25. The number of esters is 1. The van der Waals surface area contributed by atoms with Crippen molar-refractivity contribution in [2.45, 2.75) is 86.0 Å². The van der Waals surface area contributed by atoms with Crippen LogP contribution in [0.5, 0.6) is 11.5 Å². The minimum absolute atomic E-state index is 0.0230. The van der Waals surface area contributed by atoms with E-state index >= 15 is 0 Å². The molecule has 2 N–H and O–H groups in total. The van der Waals surface area contributed by atoms with Crippen LogP contribution in [0.3, 0.4) is 0 Å². The number of carboxylic acids is 1. The molecule has 4 rings (SSSR count). The number of phenols is 1. The summed E-state index contributed by atoms with van der Waals surface area (Å²) >= 11 is 0. The van der Waals surface area contributed by atoms with E-state index in [1.165, 1.54) is 24.3 Å². The maximum absolute atomic E-state index is 14.2. The highest BCUT2D eigenvalue weighted by Crippen LogP contribution is 2.34. The number of carboxylic acid groups (broad SMARTS) is 1. The van der Waals surface area contributed by atoms with Crippen LogP contribution in [0.2, 0.25) is 0 Å². The van der Waals surface area contributed by atoms with Gasteiger partial charge in [-0.1, -0.05) is 82.9 Å². The molecule has 0 aliphatic heterocycles. The van der Waals surface area contributed by atoms with Gasteiger partial charge in [-0.3, -0.25) is 14.1 Å². The summed E-state index contributed by atoms with van der Waals surface area (Å²) in [6, 6.07) is 22.4. The molecule has 0 radical (unpaired) electrons. The summed E-state index contributed by atoms with van der Waals surface area (Å²) in [5.41, 5.74) is 1.54. The van der Waals surface area contributed by atoms with E-state index in [0.717, 1.165) is 95.5 Å². The topological polar surface area (TPSA) is 121 Å². The van der Waals surface area contributed by atoms with Crippen LogP contribution in [0.15, 0.2) is 84.9 Å². The van der Waals surface area contributed by atoms with Gasteiger partial charge in [0.05, 0.1) is 41.9 Å². The van der Waals surface area contributed by atoms with E-state index in [1.807, 2.05) is 12.1 Å². The number of rotatable bonds is 22. The Hall–Kier alpha value is -5.28. The zero-order chi connectivity index (χ0) is 40.0. The molecule has 0 amide bonds. The van der Waals surface area contributed by atoms with E-state index in [4.69, 9.17) is 4.74 Å². The second-order valence-electron chi connectivity index (χ2n) is 14.1. The summed E-state index contributed by atoms with van der Waals surface area (Å²) in [4.78, 5) is 56.6. The molecule has 292 valence electrons. The number of aromatic carboxylic acids is 1. The van der Waals surface area contributed by atoms with Crippen LogP contribution in [0.4, 0.5) is 11.4 Å². The maximum Gasteiger partial charge on any atom is 0.344 e. The smallest absolute Gasteiger partial charge is 0.344 e. The third kappa shape index (κ3) is 10.3. The number of carbonyl (C=O) groups excluding carboxylic acids is 3. The van der Waals surface area contributed by atoms with E-state index < -0.39 is 23.5 Å². The first-order valence-electron chi connectivity index (χ1n) is 19.9. The van der Waals surface area contributed by atoms with Gasteiger partial charge in [0.1, 0.15) is 17.2 Å². The average molecular weight is 750 g/mol. The van der Waals surface area contributed by atoms with Gasteiger partial charge in [0.25, 0.3) is 0 Å². The van der Waals surface area contributed by atoms with Crippen LogP contribution in [-0.2, 0) is 0 Å². The number of hydrogen-bond donors (Lipinski definition) is 2. The van der Waals surface area contributed by atoms with Crippen LogP contribution in [-0.4, -0.2) is 66.4 Å². The number of ketones is 2. The number of unbranched alkanes of at least 4 members (excludes halogenated alkanes) is 5. The Morgan fingerprint density at radius 3 is 1.71 bits per heavy atom. The molecule has 0 saturated heterocycles. The van der Waals surface area contributed by atoms with Crippen molar-refractivity contribution in [3.8, 4) is 11.5 Å². The zero-order valence-electron chi connectivity index (χ0n) is 33.1. The van der Waals surface area contributed by atoms with Gasteiger partial charge in [-0.25, -0.2) is 9.59 Å². The van der Waals surface area contributed by atoms with E-state index in [2.05, 4.69) is 39.5 Å². The van der Waals surface area contributed by atoms with Crippen LogP contribution in [0, 0.1) is 0 Å². The van der Waals surface area contributed by atoms with E-state index in [1.54, 1.807) is 48.5 Å². The first-order valence-corrected chi connectivity index (χ1v) is 19.9. The van der Waals surface area contributed by atoms with Crippen LogP contribution >= 0.6 is 0 Å². The quantitative estimate of drug-likeness (QED) is 0.0268. The van der Waals surface area contributed by atoms with Crippen molar-refractivity contribution in [1.82, 2.24) is 4.48 Å². The number of aromatic hydroxyl groups is 1. The van der Waals surface area contributed by atoms with Gasteiger partial charge in [-0.05, 0) is 69.9 Å². The molecule has 4 aromatic rings. The summed E-state index contributed by atoms with van der Waals surface area (Å²) in [5.74, 6) is -3.49. The molecule has 55 heavy (non-hydrogen) atoms. The Balaban J connectivity index is 1.76. The molecule has 0 spiro atoms. The normalized spacial score (nSPS) is 11.3. The van der Waals surface area contributed by atoms with Gasteiger partial charge < -0.3 is 19.8 Å². The maximum atomic E-state index is 14.2. The molecule has 0 aromatic heterocycles. The number of anilines is 1. The SMILES string of the molecule is CCCCCC[N+](CC)(CC)c1ccc(C(=O)c2ccccc2C(=O)O)c(OC(=O)c2ccccc2C(=O)c2ccc(N(CCCC)CCCC)cc2O)c1. The first-order chi connectivity index (χ1) is 26.5. The Morgan fingerprint density at radius 2 is 1.15 bits per heavy atom. The predicted molar refractivity (Wildman–Crippen MR) is 220 cm³/mol. The third-order valence-corrected chi connectivity index (χ3v) is 10.6. The Kier molecular flexibility index (Phi) is 15.8. The number of quaternary nitrogens is 1. The highest BCUT2D eigenvalue weighted by atomic mass is 16.5. The fourth-order valence-corrected chi connectivity index (χ4v) is 7.10. The van der Waals surface area contributed by atoms with Crippen molar-refractivity contribution in [3.63, 3.8) is 0 Å². The molecular weight excluding hydrogens is 693 g/mol. The summed E-state index contributed by atoms with van der Waals surface area (Å²) in [6.45, 7) is 14.7. The number of ether oxygens (including phenoxy) is 1. The van der Waals surface area contributed by atoms with Gasteiger partial charge in [0.2, 0.25) is 0 Å². The van der Waals surface area contributed by atoms with Crippen LogP contribution in [0.25, 0.3) is 0 Å². The van der Waals surface area contributed by atoms with Crippen LogP contribution < -0.4 is 14.1 Å². The molecule has 4 aromatic carbocycles. The fourth-order valence-electron chi connectivity index (χ4n) is 7.10. The van der Waals surface area contributed by atoms with Crippen molar-refractivity contribution in [1.29, 1.82) is 0 Å². The predicted octanol–water partition coefficient (Wildman–Crippen LogP) is 10.1. The Bertz CT molecular complexity index is 1940. The molecule has 0 aliphatic rings. The number of phenolic OH excluding ortho intramolecular Hbond substituents is 1. The summed E-state index contributed by atoms with van der Waals surface area (Å²) < 4.78 is 6.68. The number of benzene rings is 4. The minimum Gasteiger partial charge on any atom is -0.507 e. The highest BCUT2D eigenvalue weighted by Gasteiger charge is 2.31. The molecule has 0 atom stereocenters. The lowest BCUT2D eigenvalue weighted by atomic mass is 9.96. The largest absolute Gasteiger partial charge is 0.507 e. The molecule has 9 heteroatoms. The molecule has 0 fully saturated rings. The van der Waals surface area contributed by atoms with E-state index in [9.17, 15) is 29.4 Å². The van der Waals surface area contributed by atoms with E-state index in [-0.39, 0.29) is 44.9 Å². The second kappa shape index (κ2) is 20.4. The third-order valence-electron chi connectivity index (χ3n) is 10.6. The monoisotopic (exact) mass is 749 g/mol. The van der Waals surface area contributed by atoms with Crippen molar-refractivity contribution in [2.75, 3.05) is 37.6 Å². The lowest BCUT2D eigenvalue weighted by molar-refractivity contribution is 0.0688. The summed E-state index contributed by atoms with van der Waals surface area (Å²) in [5, 5.41) is 21.0. The molecular formula is C46H57N2O7+. The van der Waals surface area contributed by atoms with Crippen molar-refractivity contribution in [2.24, 2.45) is 0 Å². The summed E-state index contributed by atoms with van der Waals surface area (Å²) in [6.07, 6.45) is 8.38. The van der Waals surface area contributed by atoms with Crippen molar-refractivity contribution >= 4 is 34.9 Å². The average Bonchev–Trinajstić information content (AvgIpc) is 3.20. The summed E-state index contributed by atoms with van der Waals surface area (Å²) in [7, 11) is 0. The van der Waals surface area contributed by atoms with Gasteiger partial charge in [-0.2, -0.15) is 0 Å². The number of nitrogens with zero attached hydrogens (tertiary/aromatic N) is 2. The molecule has 9 nitrogen and oxygen atoms in total. The second-order valence-corrected chi connectivity index (χ2v) is 14.1. The standard InChI is InChI=1S/C46H56N2O7/c1-6-11-14-19-30-48(9-4,10-5)34-25-27-40(44(51)35-20-15-17-22-37(35)45(52)53)42(32-34)55-46(54)38-23-18-16-21-36(38)43(50)39-26-24-33(31-41(39)49)47(28-12-7-2)29-13-8-3/h15-18,20-27,31-32H,6-14,19,28-30H2,1-5H3,(H-,49,50,52,53)/p+1. The van der Waals surface area contributed by atoms with Crippen molar-refractivity contribution < 1.29 is 34.1 Å². The zero-order valence-corrected chi connectivity index (χ0v) is 33.1. The molecule has 0 bridgehead atoms. The van der Waals surface area contributed by atoms with Gasteiger partial charge in [0.15, 0.2) is 11.6 Å². The molecule has 0 unspecified atom stereocenters. The van der Waals surface area contributed by atoms with Gasteiger partial charge >= 0.3 is 11.9 Å². The van der Waals surface area contributed by atoms with Gasteiger partial charge in [-0.15, -0.1) is 0 Å². The molecule has 0 saturated carbocycles. The lowest BCUT2D eigenvalue weighted by Crippen LogP contribution is -2.49. The Labute approximate surface area is 326 Å². The fraction of sp³-hybridized carbons (Fsp3) is 0.391. The van der Waals surface area contributed by atoms with Crippen LogP contribution in [0.1, 0.15) is 139 Å². The number of carbonyl (C=O) groups is 4. The van der Waals surface area contributed by atoms with E-state index in [0.29, 0.717) is 4.48 Å². The number of hydrogen-bond acceptors (Lipinski definition) is 7. The van der Waals surface area contributed by atoms with Gasteiger partial charge in [0, 0.05) is 48.1 Å². The first kappa shape index (κ1) is 42.5.